The summed E-state index contributed by atoms with van der Waals surface area (Å²) < 4.78 is 5.44. The summed E-state index contributed by atoms with van der Waals surface area (Å²) in [6.07, 6.45) is 0.718. The number of halogens is 1. The monoisotopic (exact) mass is 403 g/mol. The first-order valence-corrected chi connectivity index (χ1v) is 9.59. The van der Waals surface area contributed by atoms with E-state index in [1.807, 2.05) is 4.90 Å². The van der Waals surface area contributed by atoms with Gasteiger partial charge in [-0.15, -0.1) is 0 Å². The third-order valence-corrected chi connectivity index (χ3v) is 4.93. The molecule has 1 saturated heterocycles. The van der Waals surface area contributed by atoms with E-state index in [-0.39, 0.29) is 17.3 Å². The number of ether oxygens (including phenoxy) is 1. The molecule has 3 rings (SSSR count). The van der Waals surface area contributed by atoms with Crippen molar-refractivity contribution >= 4 is 28.9 Å². The van der Waals surface area contributed by atoms with Gasteiger partial charge in [0.05, 0.1) is 11.5 Å². The van der Waals surface area contributed by atoms with Crippen molar-refractivity contribution in [2.24, 2.45) is 0 Å². The van der Waals surface area contributed by atoms with Crippen molar-refractivity contribution in [1.29, 1.82) is 0 Å². The summed E-state index contributed by atoms with van der Waals surface area (Å²) in [6.45, 7) is 4.36. The second-order valence-electron chi connectivity index (χ2n) is 6.45. The summed E-state index contributed by atoms with van der Waals surface area (Å²) >= 11 is 5.89. The lowest BCUT2D eigenvalue weighted by molar-refractivity contribution is -0.385. The highest BCUT2D eigenvalue weighted by Crippen LogP contribution is 2.37. The van der Waals surface area contributed by atoms with Crippen molar-refractivity contribution in [2.75, 3.05) is 37.7 Å². The van der Waals surface area contributed by atoms with Crippen LogP contribution < -0.4 is 9.64 Å². The van der Waals surface area contributed by atoms with E-state index < -0.39 is 4.92 Å². The number of rotatable bonds is 5. The van der Waals surface area contributed by atoms with Gasteiger partial charge in [-0.3, -0.25) is 14.9 Å². The predicted octanol–water partition coefficient (Wildman–Crippen LogP) is 4.00. The van der Waals surface area contributed by atoms with E-state index in [1.165, 1.54) is 0 Å². The van der Waals surface area contributed by atoms with Crippen LogP contribution in [0.1, 0.15) is 23.7 Å². The number of carbonyl (C=O) groups is 1. The number of carbonyl (C=O) groups excluding carboxylic acids is 1. The van der Waals surface area contributed by atoms with Crippen LogP contribution >= 0.6 is 11.6 Å². The highest BCUT2D eigenvalue weighted by Gasteiger charge is 2.27. The lowest BCUT2D eigenvalue weighted by Gasteiger charge is -2.24. The molecule has 1 heterocycles. The average molecular weight is 404 g/mol. The van der Waals surface area contributed by atoms with E-state index in [0.717, 1.165) is 6.42 Å². The quantitative estimate of drug-likeness (QED) is 0.557. The maximum Gasteiger partial charge on any atom is 0.333 e. The molecule has 0 bridgehead atoms. The molecule has 0 aliphatic carbocycles. The van der Waals surface area contributed by atoms with E-state index in [9.17, 15) is 14.9 Å². The van der Waals surface area contributed by atoms with Gasteiger partial charge >= 0.3 is 5.69 Å². The molecular weight excluding hydrogens is 382 g/mol. The van der Waals surface area contributed by atoms with Crippen LogP contribution in [-0.2, 0) is 0 Å². The third-order valence-electron chi connectivity index (χ3n) is 4.68. The summed E-state index contributed by atoms with van der Waals surface area (Å²) in [5.74, 6) is 0.208. The minimum absolute atomic E-state index is 0.0261. The molecule has 1 amide bonds. The Morgan fingerprint density at radius 2 is 1.89 bits per heavy atom. The number of benzene rings is 2. The van der Waals surface area contributed by atoms with Gasteiger partial charge in [0.2, 0.25) is 0 Å². The fourth-order valence-corrected chi connectivity index (χ4v) is 3.48. The molecule has 148 valence electrons. The van der Waals surface area contributed by atoms with E-state index in [1.54, 1.807) is 54.3 Å². The average Bonchev–Trinajstić information content (AvgIpc) is 2.94. The molecule has 28 heavy (non-hydrogen) atoms. The highest BCUT2D eigenvalue weighted by atomic mass is 35.5. The first-order chi connectivity index (χ1) is 13.5. The predicted molar refractivity (Wildman–Crippen MR) is 108 cm³/mol. The van der Waals surface area contributed by atoms with Crippen molar-refractivity contribution in [3.63, 3.8) is 0 Å². The molecule has 0 unspecified atom stereocenters. The van der Waals surface area contributed by atoms with Gasteiger partial charge in [-0.05, 0) is 49.7 Å². The first kappa shape index (κ1) is 19.9. The Kier molecular flexibility index (Phi) is 6.36. The molecular formula is C20H22ClN3O4. The van der Waals surface area contributed by atoms with Gasteiger partial charge in [-0.25, -0.2) is 0 Å². The standard InChI is InChI=1S/C20H22ClN3O4/c1-2-28-18-6-3-5-17(19(18)24(26)27)22-11-4-12-23(14-13-22)20(25)15-7-9-16(21)10-8-15/h3,5-10H,2,4,11-14H2,1H3. The molecule has 1 aliphatic rings. The van der Waals surface area contributed by atoms with Crippen LogP contribution in [-0.4, -0.2) is 48.5 Å². The zero-order valence-corrected chi connectivity index (χ0v) is 16.4. The lowest BCUT2D eigenvalue weighted by atomic mass is 10.2. The van der Waals surface area contributed by atoms with Crippen molar-refractivity contribution in [3.8, 4) is 5.75 Å². The summed E-state index contributed by atoms with van der Waals surface area (Å²) in [5, 5.41) is 12.2. The number of anilines is 1. The Balaban J connectivity index is 1.78. The second kappa shape index (κ2) is 8.93. The maximum atomic E-state index is 12.8. The molecule has 0 atom stereocenters. The number of para-hydroxylation sites is 1. The normalized spacial score (nSPS) is 14.5. The molecule has 8 heteroatoms. The Morgan fingerprint density at radius 3 is 2.57 bits per heavy atom. The molecule has 0 aromatic heterocycles. The minimum Gasteiger partial charge on any atom is -0.487 e. The number of hydrogen-bond acceptors (Lipinski definition) is 5. The molecule has 7 nitrogen and oxygen atoms in total. The van der Waals surface area contributed by atoms with Gasteiger partial charge in [0.25, 0.3) is 5.91 Å². The van der Waals surface area contributed by atoms with Crippen LogP contribution in [0.2, 0.25) is 5.02 Å². The molecule has 2 aromatic carbocycles. The van der Waals surface area contributed by atoms with Gasteiger partial charge < -0.3 is 14.5 Å². The lowest BCUT2D eigenvalue weighted by Crippen LogP contribution is -2.35. The number of nitro benzene ring substituents is 1. The maximum absolute atomic E-state index is 12.8. The largest absolute Gasteiger partial charge is 0.487 e. The van der Waals surface area contributed by atoms with Crippen LogP contribution in [0.15, 0.2) is 42.5 Å². The molecule has 1 fully saturated rings. The van der Waals surface area contributed by atoms with E-state index in [4.69, 9.17) is 16.3 Å². The minimum atomic E-state index is -0.401. The Morgan fingerprint density at radius 1 is 1.14 bits per heavy atom. The first-order valence-electron chi connectivity index (χ1n) is 9.21. The molecule has 0 spiro atoms. The van der Waals surface area contributed by atoms with Crippen molar-refractivity contribution in [3.05, 3.63) is 63.2 Å². The molecule has 1 aliphatic heterocycles. The zero-order valence-electron chi connectivity index (χ0n) is 15.6. The number of amides is 1. The van der Waals surface area contributed by atoms with Crippen LogP contribution in [0.3, 0.4) is 0 Å². The van der Waals surface area contributed by atoms with Gasteiger partial charge in [0.1, 0.15) is 5.69 Å². The Labute approximate surface area is 168 Å². The fourth-order valence-electron chi connectivity index (χ4n) is 3.36. The third kappa shape index (κ3) is 4.36. The molecule has 0 saturated carbocycles. The zero-order chi connectivity index (χ0) is 20.1. The van der Waals surface area contributed by atoms with Crippen molar-refractivity contribution in [2.45, 2.75) is 13.3 Å². The number of nitrogens with zero attached hydrogens (tertiary/aromatic N) is 3. The Hall–Kier alpha value is -2.80. The van der Waals surface area contributed by atoms with Gasteiger partial charge in [-0.1, -0.05) is 17.7 Å². The number of hydrogen-bond donors (Lipinski definition) is 0. The van der Waals surface area contributed by atoms with Crippen LogP contribution in [0.25, 0.3) is 0 Å². The SMILES string of the molecule is CCOc1cccc(N2CCCN(C(=O)c3ccc(Cl)cc3)CC2)c1[N+](=O)[O-]. The summed E-state index contributed by atoms with van der Waals surface area (Å²) in [6, 6.07) is 11.9. The van der Waals surface area contributed by atoms with Crippen LogP contribution in [0.4, 0.5) is 11.4 Å². The van der Waals surface area contributed by atoms with Gasteiger partial charge in [0, 0.05) is 36.8 Å². The molecule has 0 radical (unpaired) electrons. The van der Waals surface area contributed by atoms with E-state index in [2.05, 4.69) is 0 Å². The topological polar surface area (TPSA) is 75.9 Å². The summed E-state index contributed by atoms with van der Waals surface area (Å²) in [7, 11) is 0. The second-order valence-corrected chi connectivity index (χ2v) is 6.89. The van der Waals surface area contributed by atoms with Gasteiger partial charge in [-0.2, -0.15) is 0 Å². The van der Waals surface area contributed by atoms with Crippen LogP contribution in [0, 0.1) is 10.1 Å². The molecule has 2 aromatic rings. The summed E-state index contributed by atoms with van der Waals surface area (Å²) in [5.41, 5.74) is 1.08. The van der Waals surface area contributed by atoms with Gasteiger partial charge in [0.15, 0.2) is 5.75 Å². The fraction of sp³-hybridized carbons (Fsp3) is 0.350. The van der Waals surface area contributed by atoms with E-state index >= 15 is 0 Å². The highest BCUT2D eigenvalue weighted by molar-refractivity contribution is 6.30. The summed E-state index contributed by atoms with van der Waals surface area (Å²) in [4.78, 5) is 27.7. The van der Waals surface area contributed by atoms with E-state index in [0.29, 0.717) is 49.1 Å². The smallest absolute Gasteiger partial charge is 0.333 e. The van der Waals surface area contributed by atoms with Crippen molar-refractivity contribution < 1.29 is 14.5 Å². The Bertz CT molecular complexity index is 857. The van der Waals surface area contributed by atoms with Crippen molar-refractivity contribution in [1.82, 2.24) is 4.90 Å². The van der Waals surface area contributed by atoms with Crippen LogP contribution in [0.5, 0.6) is 5.75 Å². The molecule has 0 N–H and O–H groups in total. The number of nitro groups is 1.